The Morgan fingerprint density at radius 1 is 1.56 bits per heavy atom. The number of nitrogens with two attached hydrogens (primary N) is 1. The number of methoxy groups -OCH3 is 1. The highest BCUT2D eigenvalue weighted by atomic mass is 19.4. The average molecular weight is 266 g/mol. The van der Waals surface area contributed by atoms with E-state index in [1.165, 1.54) is 0 Å². The van der Waals surface area contributed by atoms with Crippen molar-refractivity contribution in [3.63, 3.8) is 0 Å². The van der Waals surface area contributed by atoms with E-state index in [4.69, 9.17) is 5.73 Å². The van der Waals surface area contributed by atoms with Crippen LogP contribution in [0, 0.1) is 0 Å². The van der Waals surface area contributed by atoms with E-state index < -0.39 is 36.1 Å². The Labute approximate surface area is 99.1 Å². The molecule has 0 atom stereocenters. The monoisotopic (exact) mass is 266 g/mol. The van der Waals surface area contributed by atoms with Crippen LogP contribution in [0.5, 0.6) is 11.5 Å². The summed E-state index contributed by atoms with van der Waals surface area (Å²) in [4.78, 5) is 14.6. The number of carbonyl (C=O) groups excluding carboxylic acids is 1. The lowest BCUT2D eigenvalue weighted by Crippen LogP contribution is -2.22. The SMILES string of the molecule is COC(=O)c1ncc(O)c(CN)c1OC(F)(F)F. The third kappa shape index (κ3) is 3.00. The zero-order chi connectivity index (χ0) is 13.9. The van der Waals surface area contributed by atoms with Crippen LogP contribution < -0.4 is 10.5 Å². The molecule has 0 bridgehead atoms. The van der Waals surface area contributed by atoms with Crippen molar-refractivity contribution in [1.82, 2.24) is 4.98 Å². The largest absolute Gasteiger partial charge is 0.573 e. The molecule has 0 amide bonds. The van der Waals surface area contributed by atoms with Crippen LogP contribution in [0.15, 0.2) is 6.20 Å². The highest BCUT2D eigenvalue weighted by Crippen LogP contribution is 2.34. The Morgan fingerprint density at radius 3 is 2.61 bits per heavy atom. The van der Waals surface area contributed by atoms with Crippen LogP contribution in [0.1, 0.15) is 16.1 Å². The van der Waals surface area contributed by atoms with Gasteiger partial charge in [0.15, 0.2) is 11.4 Å². The molecule has 0 spiro atoms. The van der Waals surface area contributed by atoms with E-state index in [0.717, 1.165) is 13.3 Å². The first kappa shape index (κ1) is 14.0. The number of rotatable bonds is 3. The van der Waals surface area contributed by atoms with E-state index in [1.54, 1.807) is 0 Å². The highest BCUT2D eigenvalue weighted by Gasteiger charge is 2.35. The Balaban J connectivity index is 3.39. The van der Waals surface area contributed by atoms with Crippen molar-refractivity contribution >= 4 is 5.97 Å². The normalized spacial score (nSPS) is 11.2. The summed E-state index contributed by atoms with van der Waals surface area (Å²) in [6.07, 6.45) is -4.26. The number of aromatic hydroxyl groups is 1. The molecule has 1 rings (SSSR count). The van der Waals surface area contributed by atoms with Gasteiger partial charge >= 0.3 is 12.3 Å². The second-order valence-electron chi connectivity index (χ2n) is 3.04. The van der Waals surface area contributed by atoms with Crippen LogP contribution in [-0.4, -0.2) is 29.5 Å². The number of carbonyl (C=O) groups is 1. The molecule has 0 aliphatic rings. The Kier molecular flexibility index (Phi) is 3.96. The lowest BCUT2D eigenvalue weighted by molar-refractivity contribution is -0.275. The summed E-state index contributed by atoms with van der Waals surface area (Å²) in [5, 5.41) is 9.33. The van der Waals surface area contributed by atoms with Crippen molar-refractivity contribution < 1.29 is 32.5 Å². The summed E-state index contributed by atoms with van der Waals surface area (Å²) >= 11 is 0. The lowest BCUT2D eigenvalue weighted by atomic mass is 10.2. The van der Waals surface area contributed by atoms with E-state index in [1.807, 2.05) is 0 Å². The quantitative estimate of drug-likeness (QED) is 0.790. The molecule has 0 radical (unpaired) electrons. The minimum Gasteiger partial charge on any atom is -0.506 e. The van der Waals surface area contributed by atoms with Crippen LogP contribution in [0.3, 0.4) is 0 Å². The van der Waals surface area contributed by atoms with Gasteiger partial charge in [0, 0.05) is 6.54 Å². The van der Waals surface area contributed by atoms with Gasteiger partial charge in [-0.15, -0.1) is 13.2 Å². The predicted molar refractivity (Wildman–Crippen MR) is 51.8 cm³/mol. The van der Waals surface area contributed by atoms with Gasteiger partial charge in [0.1, 0.15) is 5.75 Å². The number of halogens is 3. The zero-order valence-corrected chi connectivity index (χ0v) is 9.11. The molecule has 1 aromatic heterocycles. The van der Waals surface area contributed by atoms with E-state index in [-0.39, 0.29) is 5.56 Å². The van der Waals surface area contributed by atoms with Crippen LogP contribution in [0.4, 0.5) is 13.2 Å². The average Bonchev–Trinajstić information content (AvgIpc) is 2.26. The number of nitrogens with zero attached hydrogens (tertiary/aromatic N) is 1. The summed E-state index contributed by atoms with van der Waals surface area (Å²) in [6.45, 7) is -0.468. The van der Waals surface area contributed by atoms with Gasteiger partial charge in [-0.1, -0.05) is 0 Å². The Hall–Kier alpha value is -2.03. The molecule has 100 valence electrons. The smallest absolute Gasteiger partial charge is 0.506 e. The van der Waals surface area contributed by atoms with Gasteiger partial charge in [-0.2, -0.15) is 0 Å². The molecular formula is C9H9F3N2O4. The first-order valence-electron chi connectivity index (χ1n) is 4.55. The molecule has 0 aliphatic carbocycles. The molecule has 0 saturated carbocycles. The molecule has 9 heteroatoms. The maximum absolute atomic E-state index is 12.2. The van der Waals surface area contributed by atoms with Crippen LogP contribution in [0.25, 0.3) is 0 Å². The third-order valence-corrected chi connectivity index (χ3v) is 1.91. The molecule has 0 aromatic carbocycles. The second kappa shape index (κ2) is 5.08. The summed E-state index contributed by atoms with van der Waals surface area (Å²) in [6, 6.07) is 0. The number of alkyl halides is 3. The number of esters is 1. The maximum atomic E-state index is 12.2. The van der Waals surface area contributed by atoms with Gasteiger partial charge in [-0.05, 0) is 0 Å². The second-order valence-corrected chi connectivity index (χ2v) is 3.04. The molecule has 0 aliphatic heterocycles. The molecule has 0 fully saturated rings. The van der Waals surface area contributed by atoms with E-state index in [9.17, 15) is 23.1 Å². The summed E-state index contributed by atoms with van der Waals surface area (Å²) < 4.78 is 44.6. The van der Waals surface area contributed by atoms with E-state index in [0.29, 0.717) is 0 Å². The lowest BCUT2D eigenvalue weighted by Gasteiger charge is -2.15. The van der Waals surface area contributed by atoms with Crippen LogP contribution >= 0.6 is 0 Å². The number of hydrogen-bond acceptors (Lipinski definition) is 6. The predicted octanol–water partition coefficient (Wildman–Crippen LogP) is 0.931. The van der Waals surface area contributed by atoms with Gasteiger partial charge in [0.25, 0.3) is 0 Å². The molecule has 18 heavy (non-hydrogen) atoms. The standard InChI is InChI=1S/C9H9F3N2O4/c1-17-8(16)6-7(18-9(10,11)12)4(2-13)5(15)3-14-6/h3,15H,2,13H2,1H3. The van der Waals surface area contributed by atoms with Crippen LogP contribution in [-0.2, 0) is 11.3 Å². The fourth-order valence-electron chi connectivity index (χ4n) is 1.19. The number of ether oxygens (including phenoxy) is 2. The van der Waals surface area contributed by atoms with Crippen molar-refractivity contribution in [3.8, 4) is 11.5 Å². The summed E-state index contributed by atoms with van der Waals surface area (Å²) in [7, 11) is 0.969. The fraction of sp³-hybridized carbons (Fsp3) is 0.333. The highest BCUT2D eigenvalue weighted by molar-refractivity contribution is 5.91. The van der Waals surface area contributed by atoms with Gasteiger partial charge in [0.2, 0.25) is 0 Å². The first-order chi connectivity index (χ1) is 8.30. The maximum Gasteiger partial charge on any atom is 0.573 e. The molecule has 0 saturated heterocycles. The minimum absolute atomic E-state index is 0.386. The van der Waals surface area contributed by atoms with Gasteiger partial charge in [-0.25, -0.2) is 9.78 Å². The minimum atomic E-state index is -5.05. The molecule has 1 aromatic rings. The zero-order valence-electron chi connectivity index (χ0n) is 9.11. The van der Waals surface area contributed by atoms with Crippen molar-refractivity contribution in [3.05, 3.63) is 17.5 Å². The van der Waals surface area contributed by atoms with Crippen molar-refractivity contribution in [2.24, 2.45) is 5.73 Å². The molecule has 0 unspecified atom stereocenters. The Morgan fingerprint density at radius 2 is 2.17 bits per heavy atom. The molecule has 6 nitrogen and oxygen atoms in total. The number of pyridine rings is 1. The molecular weight excluding hydrogens is 257 g/mol. The molecule has 1 heterocycles. The first-order valence-corrected chi connectivity index (χ1v) is 4.55. The number of aromatic nitrogens is 1. The third-order valence-electron chi connectivity index (χ3n) is 1.91. The van der Waals surface area contributed by atoms with Gasteiger partial charge in [-0.3, -0.25) is 0 Å². The topological polar surface area (TPSA) is 94.7 Å². The van der Waals surface area contributed by atoms with E-state index in [2.05, 4.69) is 14.5 Å². The van der Waals surface area contributed by atoms with Crippen LogP contribution in [0.2, 0.25) is 0 Å². The summed E-state index contributed by atoms with van der Waals surface area (Å²) in [5.41, 5.74) is 4.09. The van der Waals surface area contributed by atoms with Gasteiger partial charge in [0.05, 0.1) is 18.9 Å². The fourth-order valence-corrected chi connectivity index (χ4v) is 1.19. The van der Waals surface area contributed by atoms with E-state index >= 15 is 0 Å². The van der Waals surface area contributed by atoms with Crippen molar-refractivity contribution in [1.29, 1.82) is 0 Å². The van der Waals surface area contributed by atoms with Crippen molar-refractivity contribution in [2.75, 3.05) is 7.11 Å². The molecule has 3 N–H and O–H groups in total. The Bertz CT molecular complexity index is 462. The summed E-state index contributed by atoms with van der Waals surface area (Å²) in [5.74, 6) is -2.70. The van der Waals surface area contributed by atoms with Gasteiger partial charge < -0.3 is 20.3 Å². The van der Waals surface area contributed by atoms with Crippen molar-refractivity contribution in [2.45, 2.75) is 12.9 Å². The number of hydrogen-bond donors (Lipinski definition) is 2.